The Balaban J connectivity index is 1.98. The van der Waals surface area contributed by atoms with Gasteiger partial charge >= 0.3 is 0 Å². The second-order valence-electron chi connectivity index (χ2n) is 5.48. The van der Waals surface area contributed by atoms with Crippen molar-refractivity contribution < 1.29 is 4.39 Å². The molecule has 110 valence electrons. The fourth-order valence-corrected chi connectivity index (χ4v) is 2.01. The number of aromatic nitrogens is 2. The summed E-state index contributed by atoms with van der Waals surface area (Å²) in [7, 11) is 0. The lowest BCUT2D eigenvalue weighted by atomic mass is 10.1. The zero-order chi connectivity index (χ0) is 15.2. The molecule has 0 aliphatic rings. The summed E-state index contributed by atoms with van der Waals surface area (Å²) in [6, 6.07) is 6.46. The van der Waals surface area contributed by atoms with Crippen LogP contribution in [-0.2, 0) is 13.1 Å². The van der Waals surface area contributed by atoms with E-state index in [-0.39, 0.29) is 5.82 Å². The van der Waals surface area contributed by atoms with Crippen LogP contribution >= 0.6 is 0 Å². The Bertz CT molecular complexity index is 640. The Labute approximate surface area is 124 Å². The maximum absolute atomic E-state index is 13.8. The molecule has 0 saturated carbocycles. The number of rotatable bonds is 6. The van der Waals surface area contributed by atoms with Gasteiger partial charge in [-0.15, -0.1) is 0 Å². The molecule has 0 aliphatic carbocycles. The van der Waals surface area contributed by atoms with E-state index in [0.717, 1.165) is 12.2 Å². The summed E-state index contributed by atoms with van der Waals surface area (Å²) in [5.74, 6) is 0.238. The molecule has 1 heterocycles. The number of benzene rings is 1. The minimum Gasteiger partial charge on any atom is -0.333 e. The summed E-state index contributed by atoms with van der Waals surface area (Å²) >= 11 is 0. The average Bonchev–Trinajstić information content (AvgIpc) is 2.88. The molecule has 2 aromatic rings. The highest BCUT2D eigenvalue weighted by molar-refractivity contribution is 5.33. The zero-order valence-corrected chi connectivity index (χ0v) is 12.3. The topological polar surface area (TPSA) is 53.6 Å². The number of hydrogen-bond donors (Lipinski definition) is 1. The zero-order valence-electron chi connectivity index (χ0n) is 12.3. The van der Waals surface area contributed by atoms with Crippen LogP contribution in [0.3, 0.4) is 0 Å². The third-order valence-corrected chi connectivity index (χ3v) is 3.08. The largest absolute Gasteiger partial charge is 0.333 e. The molecule has 0 fully saturated rings. The Morgan fingerprint density at radius 3 is 2.90 bits per heavy atom. The van der Waals surface area contributed by atoms with Gasteiger partial charge in [0.25, 0.3) is 0 Å². The van der Waals surface area contributed by atoms with Gasteiger partial charge in [-0.05, 0) is 24.6 Å². The quantitative estimate of drug-likeness (QED) is 0.888. The van der Waals surface area contributed by atoms with Crippen molar-refractivity contribution in [3.8, 4) is 6.07 Å². The Morgan fingerprint density at radius 1 is 1.43 bits per heavy atom. The molecule has 0 aliphatic heterocycles. The lowest BCUT2D eigenvalue weighted by molar-refractivity contribution is 0.548. The van der Waals surface area contributed by atoms with Gasteiger partial charge in [-0.3, -0.25) is 0 Å². The van der Waals surface area contributed by atoms with Crippen molar-refractivity contribution in [2.75, 3.05) is 6.54 Å². The molecule has 0 unspecified atom stereocenters. The molecule has 0 atom stereocenters. The van der Waals surface area contributed by atoms with E-state index in [4.69, 9.17) is 5.26 Å². The molecular formula is C16H19FN4. The molecule has 0 amide bonds. The molecule has 0 radical (unpaired) electrons. The van der Waals surface area contributed by atoms with Crippen LogP contribution in [0.5, 0.6) is 0 Å². The van der Waals surface area contributed by atoms with E-state index in [9.17, 15) is 4.39 Å². The lowest BCUT2D eigenvalue weighted by Crippen LogP contribution is -2.19. The molecular weight excluding hydrogens is 267 g/mol. The highest BCUT2D eigenvalue weighted by atomic mass is 19.1. The number of halogens is 1. The molecule has 4 nitrogen and oxygen atoms in total. The summed E-state index contributed by atoms with van der Waals surface area (Å²) in [6.45, 7) is 6.37. The van der Waals surface area contributed by atoms with Crippen LogP contribution in [0.2, 0.25) is 0 Å². The standard InChI is InChI=1S/C16H19FN4/c1-12(2)7-19-8-15-10-21(11-20-15)9-14-4-3-13(6-18)5-16(14)17/h3-5,10-12,19H,7-9H2,1-2H3. The number of hydrogen-bond acceptors (Lipinski definition) is 3. The highest BCUT2D eigenvalue weighted by Crippen LogP contribution is 2.12. The van der Waals surface area contributed by atoms with E-state index in [0.29, 0.717) is 30.1 Å². The summed E-state index contributed by atoms with van der Waals surface area (Å²) in [4.78, 5) is 4.30. The molecule has 1 aromatic heterocycles. The lowest BCUT2D eigenvalue weighted by Gasteiger charge is -2.05. The maximum atomic E-state index is 13.8. The van der Waals surface area contributed by atoms with Crippen LogP contribution in [-0.4, -0.2) is 16.1 Å². The van der Waals surface area contributed by atoms with E-state index in [2.05, 4.69) is 24.1 Å². The van der Waals surface area contributed by atoms with Crippen molar-refractivity contribution in [1.82, 2.24) is 14.9 Å². The van der Waals surface area contributed by atoms with Gasteiger partial charge < -0.3 is 9.88 Å². The first kappa shape index (κ1) is 15.2. The number of nitriles is 1. The number of imidazole rings is 1. The first-order valence-corrected chi connectivity index (χ1v) is 6.98. The van der Waals surface area contributed by atoms with E-state index < -0.39 is 0 Å². The molecule has 0 spiro atoms. The van der Waals surface area contributed by atoms with Crippen LogP contribution in [0.15, 0.2) is 30.7 Å². The van der Waals surface area contributed by atoms with Crippen molar-refractivity contribution in [2.45, 2.75) is 26.9 Å². The minimum absolute atomic E-state index is 0.334. The van der Waals surface area contributed by atoms with Gasteiger partial charge in [0.2, 0.25) is 0 Å². The van der Waals surface area contributed by atoms with Gasteiger partial charge in [0.05, 0.1) is 30.2 Å². The van der Waals surface area contributed by atoms with Crippen molar-refractivity contribution in [2.24, 2.45) is 5.92 Å². The molecule has 2 rings (SSSR count). The smallest absolute Gasteiger partial charge is 0.129 e. The molecule has 1 N–H and O–H groups in total. The average molecular weight is 286 g/mol. The van der Waals surface area contributed by atoms with Gasteiger partial charge in [-0.2, -0.15) is 5.26 Å². The van der Waals surface area contributed by atoms with Crippen molar-refractivity contribution >= 4 is 0 Å². The van der Waals surface area contributed by atoms with E-state index in [1.165, 1.54) is 6.07 Å². The van der Waals surface area contributed by atoms with Crippen molar-refractivity contribution in [3.63, 3.8) is 0 Å². The summed E-state index contributed by atoms with van der Waals surface area (Å²) in [5.41, 5.74) is 1.82. The van der Waals surface area contributed by atoms with Crippen LogP contribution in [0, 0.1) is 23.1 Å². The first-order valence-electron chi connectivity index (χ1n) is 6.98. The Kier molecular flexibility index (Phi) is 5.07. The van der Waals surface area contributed by atoms with Crippen LogP contribution in [0.1, 0.15) is 30.7 Å². The molecule has 1 aromatic carbocycles. The van der Waals surface area contributed by atoms with Crippen LogP contribution in [0.25, 0.3) is 0 Å². The SMILES string of the molecule is CC(C)CNCc1cn(Cc2ccc(C#N)cc2F)cn1. The Morgan fingerprint density at radius 2 is 2.24 bits per heavy atom. The van der Waals surface area contributed by atoms with E-state index in [1.54, 1.807) is 18.5 Å². The van der Waals surface area contributed by atoms with Gasteiger partial charge in [0.15, 0.2) is 0 Å². The normalized spacial score (nSPS) is 10.8. The van der Waals surface area contributed by atoms with E-state index in [1.807, 2.05) is 16.8 Å². The van der Waals surface area contributed by atoms with Crippen LogP contribution < -0.4 is 5.32 Å². The third kappa shape index (κ3) is 4.40. The third-order valence-electron chi connectivity index (χ3n) is 3.08. The fourth-order valence-electron chi connectivity index (χ4n) is 2.01. The summed E-state index contributed by atoms with van der Waals surface area (Å²) in [6.07, 6.45) is 3.61. The van der Waals surface area contributed by atoms with Gasteiger partial charge in [-0.1, -0.05) is 19.9 Å². The predicted octanol–water partition coefficient (Wildman–Crippen LogP) is 2.69. The van der Waals surface area contributed by atoms with Crippen molar-refractivity contribution in [3.05, 3.63) is 53.4 Å². The van der Waals surface area contributed by atoms with Gasteiger partial charge in [-0.25, -0.2) is 9.37 Å². The molecule has 0 bridgehead atoms. The maximum Gasteiger partial charge on any atom is 0.129 e. The van der Waals surface area contributed by atoms with Gasteiger partial charge in [0, 0.05) is 18.3 Å². The monoisotopic (exact) mass is 286 g/mol. The molecule has 21 heavy (non-hydrogen) atoms. The van der Waals surface area contributed by atoms with Crippen molar-refractivity contribution in [1.29, 1.82) is 5.26 Å². The minimum atomic E-state index is -0.359. The summed E-state index contributed by atoms with van der Waals surface area (Å²) in [5, 5.41) is 12.0. The second kappa shape index (κ2) is 7.00. The second-order valence-corrected chi connectivity index (χ2v) is 5.48. The van der Waals surface area contributed by atoms with Crippen LogP contribution in [0.4, 0.5) is 4.39 Å². The Hall–Kier alpha value is -2.19. The fraction of sp³-hybridized carbons (Fsp3) is 0.375. The first-order chi connectivity index (χ1) is 10.1. The van der Waals surface area contributed by atoms with E-state index >= 15 is 0 Å². The molecule has 0 saturated heterocycles. The molecule has 5 heteroatoms. The highest BCUT2D eigenvalue weighted by Gasteiger charge is 2.06. The van der Waals surface area contributed by atoms with Gasteiger partial charge in [0.1, 0.15) is 5.82 Å². The number of nitrogens with zero attached hydrogens (tertiary/aromatic N) is 3. The summed E-state index contributed by atoms with van der Waals surface area (Å²) < 4.78 is 15.7. The predicted molar refractivity (Wildman–Crippen MR) is 79.0 cm³/mol. The number of nitrogens with one attached hydrogen (secondary N) is 1.